The van der Waals surface area contributed by atoms with Gasteiger partial charge in [0.2, 0.25) is 5.95 Å². The highest BCUT2D eigenvalue weighted by Crippen LogP contribution is 2.34. The molecule has 1 heterocycles. The number of aryl methyl sites for hydroxylation is 1. The number of rotatable bonds is 5. The van der Waals surface area contributed by atoms with Gasteiger partial charge >= 0.3 is 6.18 Å². The van der Waals surface area contributed by atoms with E-state index < -0.39 is 11.7 Å². The van der Waals surface area contributed by atoms with Gasteiger partial charge in [0.15, 0.2) is 5.82 Å². The Morgan fingerprint density at radius 1 is 1.07 bits per heavy atom. The molecule has 0 spiro atoms. The van der Waals surface area contributed by atoms with Gasteiger partial charge < -0.3 is 10.6 Å². The van der Waals surface area contributed by atoms with Gasteiger partial charge in [-0.2, -0.15) is 23.3 Å². The van der Waals surface area contributed by atoms with Gasteiger partial charge in [0.25, 0.3) is 0 Å². The van der Waals surface area contributed by atoms with Gasteiger partial charge in [-0.3, -0.25) is 0 Å². The second-order valence-electron chi connectivity index (χ2n) is 5.82. The second kappa shape index (κ2) is 7.79. The average molecular weight is 394 g/mol. The van der Waals surface area contributed by atoms with Crippen LogP contribution in [0.3, 0.4) is 0 Å². The van der Waals surface area contributed by atoms with Gasteiger partial charge in [-0.15, -0.1) is 5.10 Å². The predicted octanol–water partition coefficient (Wildman–Crippen LogP) is 5.21. The predicted molar refractivity (Wildman–Crippen MR) is 98.1 cm³/mol. The Labute approximate surface area is 158 Å². The van der Waals surface area contributed by atoms with Gasteiger partial charge in [-0.1, -0.05) is 41.4 Å². The molecule has 0 bridgehead atoms. The Bertz CT molecular complexity index is 929. The lowest BCUT2D eigenvalue weighted by Gasteiger charge is -2.12. The molecular weight excluding hydrogens is 379 g/mol. The third kappa shape index (κ3) is 5.07. The van der Waals surface area contributed by atoms with Crippen molar-refractivity contribution in [1.82, 2.24) is 15.2 Å². The van der Waals surface area contributed by atoms with Crippen molar-refractivity contribution in [1.29, 1.82) is 0 Å². The van der Waals surface area contributed by atoms with Crippen LogP contribution in [0.15, 0.2) is 48.7 Å². The van der Waals surface area contributed by atoms with Crippen molar-refractivity contribution in [2.45, 2.75) is 19.6 Å². The summed E-state index contributed by atoms with van der Waals surface area (Å²) >= 11 is 5.98. The Hall–Kier alpha value is -2.87. The minimum absolute atomic E-state index is 0.0801. The van der Waals surface area contributed by atoms with Gasteiger partial charge in [0.1, 0.15) is 0 Å². The van der Waals surface area contributed by atoms with Crippen LogP contribution in [0.2, 0.25) is 5.02 Å². The van der Waals surface area contributed by atoms with E-state index in [4.69, 9.17) is 11.6 Å². The van der Waals surface area contributed by atoms with Gasteiger partial charge in [0.05, 0.1) is 22.5 Å². The highest BCUT2D eigenvalue weighted by atomic mass is 35.5. The molecule has 0 aliphatic carbocycles. The molecule has 0 saturated heterocycles. The minimum Gasteiger partial charge on any atom is -0.349 e. The third-order valence-corrected chi connectivity index (χ3v) is 4.02. The topological polar surface area (TPSA) is 62.7 Å². The molecule has 0 aliphatic rings. The Morgan fingerprint density at radius 2 is 1.81 bits per heavy atom. The number of alkyl halides is 3. The zero-order valence-electron chi connectivity index (χ0n) is 14.2. The number of benzene rings is 2. The molecule has 1 aromatic heterocycles. The smallest absolute Gasteiger partial charge is 0.349 e. The number of aromatic nitrogens is 3. The summed E-state index contributed by atoms with van der Waals surface area (Å²) in [4.78, 5) is 4.20. The van der Waals surface area contributed by atoms with Crippen LogP contribution in [0.4, 0.5) is 30.6 Å². The number of nitrogens with zero attached hydrogens (tertiary/aromatic N) is 3. The maximum atomic E-state index is 12.9. The van der Waals surface area contributed by atoms with Crippen molar-refractivity contribution < 1.29 is 13.2 Å². The molecule has 27 heavy (non-hydrogen) atoms. The molecule has 0 radical (unpaired) electrons. The monoisotopic (exact) mass is 393 g/mol. The summed E-state index contributed by atoms with van der Waals surface area (Å²) in [6.45, 7) is 2.48. The van der Waals surface area contributed by atoms with Crippen molar-refractivity contribution >= 4 is 29.1 Å². The molecule has 0 unspecified atom stereocenters. The molecule has 2 N–H and O–H groups in total. The first-order valence-electron chi connectivity index (χ1n) is 7.94. The normalized spacial score (nSPS) is 11.3. The lowest BCUT2D eigenvalue weighted by molar-refractivity contribution is -0.137. The molecule has 5 nitrogen and oxygen atoms in total. The molecule has 9 heteroatoms. The van der Waals surface area contributed by atoms with Crippen LogP contribution in [0.5, 0.6) is 0 Å². The number of hydrogen-bond donors (Lipinski definition) is 2. The molecule has 0 aliphatic heterocycles. The lowest BCUT2D eigenvalue weighted by Crippen LogP contribution is -2.08. The number of hydrogen-bond acceptors (Lipinski definition) is 5. The summed E-state index contributed by atoms with van der Waals surface area (Å²) in [5.74, 6) is 0.460. The fraction of sp³-hybridized carbons (Fsp3) is 0.167. The largest absolute Gasteiger partial charge is 0.416 e. The molecule has 0 amide bonds. The zero-order valence-corrected chi connectivity index (χ0v) is 14.9. The molecule has 140 valence electrons. The van der Waals surface area contributed by atoms with E-state index in [1.165, 1.54) is 12.3 Å². The SMILES string of the molecule is Cc1ccc(CNc2nncc(Nc3cc(C(F)(F)F)ccc3Cl)n2)cc1. The quantitative estimate of drug-likeness (QED) is 0.623. The molecule has 3 rings (SSSR count). The average Bonchev–Trinajstić information content (AvgIpc) is 2.62. The van der Waals surface area contributed by atoms with E-state index >= 15 is 0 Å². The van der Waals surface area contributed by atoms with E-state index in [-0.39, 0.29) is 22.5 Å². The summed E-state index contributed by atoms with van der Waals surface area (Å²) in [6.07, 6.45) is -3.17. The maximum absolute atomic E-state index is 12.9. The van der Waals surface area contributed by atoms with Gasteiger partial charge in [-0.25, -0.2) is 0 Å². The second-order valence-corrected chi connectivity index (χ2v) is 6.23. The summed E-state index contributed by atoms with van der Waals surface area (Å²) in [6, 6.07) is 10.9. The summed E-state index contributed by atoms with van der Waals surface area (Å²) in [5, 5.41) is 13.6. The number of anilines is 3. The zero-order chi connectivity index (χ0) is 19.4. The van der Waals surface area contributed by atoms with Crippen LogP contribution < -0.4 is 10.6 Å². The molecule has 2 aromatic carbocycles. The Kier molecular flexibility index (Phi) is 5.46. The Morgan fingerprint density at radius 3 is 2.52 bits per heavy atom. The highest BCUT2D eigenvalue weighted by molar-refractivity contribution is 6.33. The fourth-order valence-electron chi connectivity index (χ4n) is 2.26. The van der Waals surface area contributed by atoms with E-state index in [0.29, 0.717) is 6.54 Å². The third-order valence-electron chi connectivity index (χ3n) is 3.69. The fourth-order valence-corrected chi connectivity index (χ4v) is 2.43. The molecule has 0 fully saturated rings. The minimum atomic E-state index is -4.47. The van der Waals surface area contributed by atoms with Crippen LogP contribution in [0, 0.1) is 6.92 Å². The first kappa shape index (κ1) is 18.9. The number of nitrogens with one attached hydrogen (secondary N) is 2. The summed E-state index contributed by atoms with van der Waals surface area (Å²) in [7, 11) is 0. The molecule has 3 aromatic rings. The standard InChI is InChI=1S/C18H15ClF3N5/c1-11-2-4-12(5-3-11)9-23-17-26-16(10-24-27-17)25-15-8-13(18(20,21)22)6-7-14(15)19/h2-8,10H,9H2,1H3,(H2,23,25,26,27). The van der Waals surface area contributed by atoms with E-state index in [0.717, 1.165) is 23.3 Å². The first-order chi connectivity index (χ1) is 12.8. The highest BCUT2D eigenvalue weighted by Gasteiger charge is 2.31. The van der Waals surface area contributed by atoms with Crippen LogP contribution in [-0.4, -0.2) is 15.2 Å². The van der Waals surface area contributed by atoms with Crippen molar-refractivity contribution in [3.05, 3.63) is 70.4 Å². The van der Waals surface area contributed by atoms with E-state index in [1.807, 2.05) is 31.2 Å². The van der Waals surface area contributed by atoms with Gasteiger partial charge in [0, 0.05) is 6.54 Å². The van der Waals surface area contributed by atoms with E-state index in [2.05, 4.69) is 25.8 Å². The Balaban J connectivity index is 1.73. The summed E-state index contributed by atoms with van der Waals surface area (Å²) < 4.78 is 38.6. The van der Waals surface area contributed by atoms with E-state index in [1.54, 1.807) is 0 Å². The lowest BCUT2D eigenvalue weighted by atomic mass is 10.1. The van der Waals surface area contributed by atoms with Crippen LogP contribution in [0.25, 0.3) is 0 Å². The van der Waals surface area contributed by atoms with Crippen molar-refractivity contribution in [3.8, 4) is 0 Å². The van der Waals surface area contributed by atoms with Gasteiger partial charge in [-0.05, 0) is 30.7 Å². The van der Waals surface area contributed by atoms with Crippen molar-refractivity contribution in [2.75, 3.05) is 10.6 Å². The van der Waals surface area contributed by atoms with Crippen LogP contribution >= 0.6 is 11.6 Å². The van der Waals surface area contributed by atoms with Crippen LogP contribution in [-0.2, 0) is 12.7 Å². The molecule has 0 saturated carbocycles. The first-order valence-corrected chi connectivity index (χ1v) is 8.32. The van der Waals surface area contributed by atoms with Crippen LogP contribution in [0.1, 0.15) is 16.7 Å². The van der Waals surface area contributed by atoms with E-state index in [9.17, 15) is 13.2 Å². The number of halogens is 4. The maximum Gasteiger partial charge on any atom is 0.416 e. The molecule has 0 atom stereocenters. The summed E-state index contributed by atoms with van der Waals surface area (Å²) in [5.41, 5.74) is 1.45. The van der Waals surface area contributed by atoms with Crippen molar-refractivity contribution in [3.63, 3.8) is 0 Å². The van der Waals surface area contributed by atoms with Crippen molar-refractivity contribution in [2.24, 2.45) is 0 Å². The molecular formula is C18H15ClF3N5.